The summed E-state index contributed by atoms with van der Waals surface area (Å²) in [6, 6.07) is 84.6. The molecule has 0 N–H and O–H groups in total. The van der Waals surface area contributed by atoms with Gasteiger partial charge >= 0.3 is 0 Å². The van der Waals surface area contributed by atoms with E-state index >= 15 is 0 Å². The van der Waals surface area contributed by atoms with Gasteiger partial charge in [0.15, 0.2) is 0 Å². The summed E-state index contributed by atoms with van der Waals surface area (Å²) < 4.78 is 7.02. The Morgan fingerprint density at radius 2 is 0.808 bits per heavy atom. The van der Waals surface area contributed by atoms with E-state index in [-0.39, 0.29) is 10.8 Å². The number of anilines is 3. The molecule has 0 atom stereocenters. The maximum Gasteiger partial charge on any atom is 0.132 e. The zero-order valence-electron chi connectivity index (χ0n) is 42.1. The molecule has 0 fully saturated rings. The van der Waals surface area contributed by atoms with Gasteiger partial charge in [0, 0.05) is 37.9 Å². The molecule has 14 rings (SSSR count). The second-order valence-electron chi connectivity index (χ2n) is 22.4. The van der Waals surface area contributed by atoms with Crippen molar-refractivity contribution in [3.8, 4) is 44.9 Å². The molecule has 2 aliphatic carbocycles. The highest BCUT2D eigenvalue weighted by Gasteiger charge is 2.53. The van der Waals surface area contributed by atoms with Crippen molar-refractivity contribution in [1.29, 1.82) is 0 Å². The lowest BCUT2D eigenvalue weighted by Crippen LogP contribution is -2.33. The van der Waals surface area contributed by atoms with Gasteiger partial charge in [0.1, 0.15) is 11.5 Å². The molecule has 2 spiro atoms. The Balaban J connectivity index is 1.08. The first-order chi connectivity index (χ1) is 35.5. The molecular formula is C70H55NOS. The quantitative estimate of drug-likeness (QED) is 0.174. The van der Waals surface area contributed by atoms with E-state index in [0.717, 1.165) is 50.8 Å². The summed E-state index contributed by atoms with van der Waals surface area (Å²) in [5, 5.41) is 0. The number of ether oxygens (including phenoxy) is 1. The smallest absolute Gasteiger partial charge is 0.132 e. The fourth-order valence-electron chi connectivity index (χ4n) is 12.9. The highest BCUT2D eigenvalue weighted by atomic mass is 32.2. The van der Waals surface area contributed by atoms with Crippen LogP contribution in [0, 0.1) is 0 Å². The molecule has 2 aliphatic heterocycles. The topological polar surface area (TPSA) is 12.5 Å². The molecule has 352 valence electrons. The third kappa shape index (κ3) is 6.25. The fourth-order valence-corrected chi connectivity index (χ4v) is 14.1. The second kappa shape index (κ2) is 15.8. The number of hydrogen-bond donors (Lipinski definition) is 0. The van der Waals surface area contributed by atoms with Gasteiger partial charge in [0.05, 0.1) is 16.5 Å². The van der Waals surface area contributed by atoms with Gasteiger partial charge in [0.2, 0.25) is 0 Å². The molecule has 2 heterocycles. The average Bonchev–Trinajstić information content (AvgIpc) is 3.89. The van der Waals surface area contributed by atoms with Gasteiger partial charge in [-0.2, -0.15) is 0 Å². The number of benzene rings is 10. The van der Waals surface area contributed by atoms with Crippen molar-refractivity contribution >= 4 is 28.8 Å². The van der Waals surface area contributed by atoms with Crippen LogP contribution in [0.3, 0.4) is 0 Å². The molecule has 0 aromatic heterocycles. The third-order valence-electron chi connectivity index (χ3n) is 16.3. The Labute approximate surface area is 434 Å². The van der Waals surface area contributed by atoms with Gasteiger partial charge < -0.3 is 9.64 Å². The van der Waals surface area contributed by atoms with Crippen molar-refractivity contribution in [3.05, 3.63) is 280 Å². The first kappa shape index (κ1) is 43.9. The third-order valence-corrected chi connectivity index (χ3v) is 17.5. The SMILES string of the molecule is CC(C)(C)c1ccc2c(c1)C1(c3ccccc3Sc3ccc(N(c4ccc5c(c4)C4(c6ccccc6O5)c5ccccc5-c5ccccc54)c4ccccc4-c4ccccc4)cc31)c1cc(C(C)(C)C)ccc1-2. The number of fused-ring (bicyclic) bond motifs is 18. The van der Waals surface area contributed by atoms with E-state index in [0.29, 0.717) is 0 Å². The number of hydrogen-bond acceptors (Lipinski definition) is 3. The summed E-state index contributed by atoms with van der Waals surface area (Å²) in [6.45, 7) is 14.1. The van der Waals surface area contributed by atoms with Crippen molar-refractivity contribution in [2.24, 2.45) is 0 Å². The summed E-state index contributed by atoms with van der Waals surface area (Å²) in [5.41, 5.74) is 22.2. The van der Waals surface area contributed by atoms with E-state index in [9.17, 15) is 0 Å². The molecule has 10 aromatic rings. The molecule has 3 heteroatoms. The second-order valence-corrected chi connectivity index (χ2v) is 23.5. The Bertz CT molecular complexity index is 3800. The minimum atomic E-state index is -0.620. The summed E-state index contributed by atoms with van der Waals surface area (Å²) >= 11 is 1.90. The Hall–Kier alpha value is -7.85. The number of rotatable bonds is 4. The van der Waals surface area contributed by atoms with Crippen LogP contribution >= 0.6 is 11.8 Å². The van der Waals surface area contributed by atoms with E-state index in [1.807, 2.05) is 11.8 Å². The molecule has 0 saturated carbocycles. The molecule has 10 aromatic carbocycles. The lowest BCUT2D eigenvalue weighted by molar-refractivity contribution is 0.436. The molecule has 2 nitrogen and oxygen atoms in total. The van der Waals surface area contributed by atoms with Crippen LogP contribution in [0.5, 0.6) is 11.5 Å². The summed E-state index contributed by atoms with van der Waals surface area (Å²) in [7, 11) is 0. The summed E-state index contributed by atoms with van der Waals surface area (Å²) in [5.74, 6) is 1.76. The van der Waals surface area contributed by atoms with E-state index < -0.39 is 10.8 Å². The van der Waals surface area contributed by atoms with Crippen LogP contribution in [-0.4, -0.2) is 0 Å². The van der Waals surface area contributed by atoms with Crippen LogP contribution in [-0.2, 0) is 21.7 Å². The van der Waals surface area contributed by atoms with E-state index in [2.05, 4.69) is 271 Å². The van der Waals surface area contributed by atoms with Gasteiger partial charge in [-0.15, -0.1) is 0 Å². The standard InChI is InChI=1S/C70H55NOS/c1-67(2,3)45-32-36-52-53-37-33-46(68(4,5)6)41-59(53)70(58(52)40-45)57-28-16-19-31-65(57)73-66-39-35-48(43-61(66)70)71(62-29-17-12-22-49(62)44-20-8-7-9-21-44)47-34-38-64-60(42-47)69(56-27-15-18-30-63(56)72-64)54-25-13-10-23-50(54)51-24-11-14-26-55(51)69/h7-43H,1-6H3. The zero-order valence-corrected chi connectivity index (χ0v) is 42.9. The highest BCUT2D eigenvalue weighted by Crippen LogP contribution is 2.65. The van der Waals surface area contributed by atoms with Gasteiger partial charge in [-0.3, -0.25) is 0 Å². The Morgan fingerprint density at radius 1 is 0.342 bits per heavy atom. The van der Waals surface area contributed by atoms with Crippen LogP contribution < -0.4 is 9.64 Å². The predicted octanol–water partition coefficient (Wildman–Crippen LogP) is 18.7. The van der Waals surface area contributed by atoms with Gasteiger partial charge in [-0.25, -0.2) is 0 Å². The van der Waals surface area contributed by atoms with Crippen molar-refractivity contribution in [2.75, 3.05) is 4.90 Å². The summed E-state index contributed by atoms with van der Waals surface area (Å²) in [6.07, 6.45) is 0. The van der Waals surface area contributed by atoms with Crippen molar-refractivity contribution < 1.29 is 4.74 Å². The van der Waals surface area contributed by atoms with Crippen LogP contribution in [0.2, 0.25) is 0 Å². The average molecular weight is 958 g/mol. The number of nitrogens with zero attached hydrogens (tertiary/aromatic N) is 1. The Morgan fingerprint density at radius 3 is 1.45 bits per heavy atom. The molecule has 0 saturated heterocycles. The molecule has 0 amide bonds. The van der Waals surface area contributed by atoms with Crippen LogP contribution in [0.4, 0.5) is 17.1 Å². The monoisotopic (exact) mass is 957 g/mol. The minimum Gasteiger partial charge on any atom is -0.457 e. The van der Waals surface area contributed by atoms with Crippen LogP contribution in [0.1, 0.15) is 97.2 Å². The van der Waals surface area contributed by atoms with E-state index in [4.69, 9.17) is 4.74 Å². The van der Waals surface area contributed by atoms with Gasteiger partial charge in [0.25, 0.3) is 0 Å². The van der Waals surface area contributed by atoms with Gasteiger partial charge in [-0.05, 0) is 138 Å². The lowest BCUT2D eigenvalue weighted by atomic mass is 9.66. The van der Waals surface area contributed by atoms with Crippen molar-refractivity contribution in [3.63, 3.8) is 0 Å². The fraction of sp³-hybridized carbons (Fsp3) is 0.143. The van der Waals surface area contributed by atoms with E-state index in [1.54, 1.807) is 0 Å². The normalized spacial score (nSPS) is 14.7. The number of para-hydroxylation sites is 2. The molecule has 0 radical (unpaired) electrons. The maximum absolute atomic E-state index is 7.02. The van der Waals surface area contributed by atoms with Crippen molar-refractivity contribution in [2.45, 2.75) is 73.0 Å². The molecule has 4 aliphatic rings. The molecular weight excluding hydrogens is 903 g/mol. The molecule has 73 heavy (non-hydrogen) atoms. The maximum atomic E-state index is 7.02. The molecule has 0 bridgehead atoms. The first-order valence-corrected chi connectivity index (χ1v) is 26.6. The van der Waals surface area contributed by atoms with Crippen molar-refractivity contribution in [1.82, 2.24) is 0 Å². The van der Waals surface area contributed by atoms with E-state index in [1.165, 1.54) is 76.6 Å². The Kier molecular flexibility index (Phi) is 9.52. The van der Waals surface area contributed by atoms with Gasteiger partial charge in [-0.1, -0.05) is 223 Å². The zero-order chi connectivity index (χ0) is 49.4. The highest BCUT2D eigenvalue weighted by molar-refractivity contribution is 7.99. The minimum absolute atomic E-state index is 0.0541. The summed E-state index contributed by atoms with van der Waals surface area (Å²) in [4.78, 5) is 5.09. The molecule has 0 unspecified atom stereocenters. The largest absolute Gasteiger partial charge is 0.457 e. The van der Waals surface area contributed by atoms with Crippen LogP contribution in [0.15, 0.2) is 234 Å². The van der Waals surface area contributed by atoms with Crippen LogP contribution in [0.25, 0.3) is 33.4 Å². The predicted molar refractivity (Wildman–Crippen MR) is 303 cm³/mol. The lowest BCUT2D eigenvalue weighted by Gasteiger charge is -2.42. The first-order valence-electron chi connectivity index (χ1n) is 25.7.